The molecule has 0 amide bonds. The van der Waals surface area contributed by atoms with Crippen molar-refractivity contribution in [3.8, 4) is 0 Å². The SMILES string of the molecule is Cc1ccc(S(=O)(=O)N/N=C(/C(=O)O[C@@H]2CCCC[C@H]2C(C)(C)c2cc(C(C)C)cc(C(C)C)c2)c2ccccc2)cc1. The number of rotatable bonds is 10. The van der Waals surface area contributed by atoms with Crippen molar-refractivity contribution in [2.45, 2.75) is 102 Å². The predicted octanol–water partition coefficient (Wildman–Crippen LogP) is 8.00. The predicted molar refractivity (Wildman–Crippen MR) is 174 cm³/mol. The topological polar surface area (TPSA) is 84.8 Å². The minimum absolute atomic E-state index is 0.0673. The maximum Gasteiger partial charge on any atom is 0.359 e. The largest absolute Gasteiger partial charge is 0.457 e. The van der Waals surface area contributed by atoms with Crippen molar-refractivity contribution in [3.05, 3.63) is 101 Å². The number of sulfonamides is 1. The Morgan fingerprint density at radius 1 is 0.884 bits per heavy atom. The van der Waals surface area contributed by atoms with E-state index >= 15 is 0 Å². The third-order valence-corrected chi connectivity index (χ3v) is 10.0. The first-order valence-electron chi connectivity index (χ1n) is 15.4. The fourth-order valence-electron chi connectivity index (χ4n) is 5.89. The van der Waals surface area contributed by atoms with Gasteiger partial charge < -0.3 is 4.74 Å². The summed E-state index contributed by atoms with van der Waals surface area (Å²) in [5.41, 5.74) is 5.00. The maximum atomic E-state index is 13.8. The lowest BCUT2D eigenvalue weighted by molar-refractivity contribution is -0.146. The summed E-state index contributed by atoms with van der Waals surface area (Å²) in [4.78, 5) is 16.2. The van der Waals surface area contributed by atoms with Crippen molar-refractivity contribution >= 4 is 21.7 Å². The van der Waals surface area contributed by atoms with Crippen molar-refractivity contribution < 1.29 is 17.9 Å². The molecule has 3 aromatic rings. The summed E-state index contributed by atoms with van der Waals surface area (Å²) in [6.07, 6.45) is 3.39. The van der Waals surface area contributed by atoms with Gasteiger partial charge in [-0.3, -0.25) is 0 Å². The number of hydrazone groups is 1. The maximum absolute atomic E-state index is 13.8. The first-order valence-corrected chi connectivity index (χ1v) is 16.9. The number of nitrogens with zero attached hydrogens (tertiary/aromatic N) is 1. The lowest BCUT2D eigenvalue weighted by Gasteiger charge is -2.42. The molecular weight excluding hydrogens is 556 g/mol. The number of ether oxygens (including phenoxy) is 1. The lowest BCUT2D eigenvalue weighted by Crippen LogP contribution is -2.43. The number of aryl methyl sites for hydroxylation is 1. The molecule has 1 aliphatic rings. The molecule has 1 aliphatic carbocycles. The van der Waals surface area contributed by atoms with E-state index in [1.165, 1.54) is 28.8 Å². The number of nitrogens with one attached hydrogen (secondary N) is 1. The smallest absolute Gasteiger partial charge is 0.359 e. The summed E-state index contributed by atoms with van der Waals surface area (Å²) < 4.78 is 32.3. The van der Waals surface area contributed by atoms with E-state index in [9.17, 15) is 13.2 Å². The van der Waals surface area contributed by atoms with E-state index in [2.05, 4.69) is 69.7 Å². The Bertz CT molecular complexity index is 1520. The lowest BCUT2D eigenvalue weighted by atomic mass is 9.65. The molecule has 1 fully saturated rings. The van der Waals surface area contributed by atoms with Crippen LogP contribution in [0, 0.1) is 12.8 Å². The van der Waals surface area contributed by atoms with E-state index in [0.29, 0.717) is 17.4 Å². The van der Waals surface area contributed by atoms with Crippen LogP contribution in [-0.2, 0) is 25.0 Å². The molecule has 6 nitrogen and oxygen atoms in total. The van der Waals surface area contributed by atoms with Gasteiger partial charge in [0.1, 0.15) is 6.10 Å². The van der Waals surface area contributed by atoms with Crippen LogP contribution in [0.5, 0.6) is 0 Å². The molecule has 0 unspecified atom stereocenters. The Labute approximate surface area is 258 Å². The van der Waals surface area contributed by atoms with Crippen LogP contribution in [0.1, 0.15) is 107 Å². The summed E-state index contributed by atoms with van der Waals surface area (Å²) in [7, 11) is -3.98. The number of hydrogen-bond donors (Lipinski definition) is 1. The zero-order valence-corrected chi connectivity index (χ0v) is 27.4. The molecule has 2 atom stereocenters. The Morgan fingerprint density at radius 2 is 1.47 bits per heavy atom. The molecule has 0 heterocycles. The Kier molecular flexibility index (Phi) is 10.2. The molecule has 43 heavy (non-hydrogen) atoms. The van der Waals surface area contributed by atoms with Crippen molar-refractivity contribution in [1.29, 1.82) is 0 Å². The van der Waals surface area contributed by atoms with Gasteiger partial charge in [-0.1, -0.05) is 114 Å². The quantitative estimate of drug-likeness (QED) is 0.145. The second-order valence-electron chi connectivity index (χ2n) is 13.0. The van der Waals surface area contributed by atoms with Gasteiger partial charge in [-0.05, 0) is 72.3 Å². The van der Waals surface area contributed by atoms with Gasteiger partial charge in [0, 0.05) is 11.5 Å². The van der Waals surface area contributed by atoms with Crippen LogP contribution in [0.2, 0.25) is 0 Å². The van der Waals surface area contributed by atoms with E-state index in [1.54, 1.807) is 36.4 Å². The monoisotopic (exact) mass is 602 g/mol. The van der Waals surface area contributed by atoms with E-state index in [1.807, 2.05) is 13.0 Å². The van der Waals surface area contributed by atoms with E-state index in [0.717, 1.165) is 31.2 Å². The Balaban J connectivity index is 1.65. The second-order valence-corrected chi connectivity index (χ2v) is 14.6. The number of esters is 1. The molecule has 0 aromatic heterocycles. The highest BCUT2D eigenvalue weighted by Gasteiger charge is 2.41. The van der Waals surface area contributed by atoms with Gasteiger partial charge >= 0.3 is 5.97 Å². The van der Waals surface area contributed by atoms with Gasteiger partial charge in [0.05, 0.1) is 4.90 Å². The summed E-state index contributed by atoms with van der Waals surface area (Å²) in [6, 6.07) is 22.3. The highest BCUT2D eigenvalue weighted by Crippen LogP contribution is 2.43. The molecule has 1 N–H and O–H groups in total. The van der Waals surface area contributed by atoms with Gasteiger partial charge in [-0.2, -0.15) is 18.4 Å². The van der Waals surface area contributed by atoms with Crippen LogP contribution in [0.3, 0.4) is 0 Å². The van der Waals surface area contributed by atoms with Gasteiger partial charge in [-0.25, -0.2) is 4.79 Å². The molecule has 230 valence electrons. The van der Waals surface area contributed by atoms with Crippen LogP contribution in [0.4, 0.5) is 0 Å². The highest BCUT2D eigenvalue weighted by molar-refractivity contribution is 7.89. The second kappa shape index (κ2) is 13.5. The third-order valence-electron chi connectivity index (χ3n) is 8.79. The number of carbonyl (C=O) groups is 1. The van der Waals surface area contributed by atoms with Crippen LogP contribution < -0.4 is 4.83 Å². The standard InChI is InChI=1S/C36H46N2O4S/c1-24(2)28-21-29(25(3)4)23-30(22-28)36(6,7)32-15-11-12-16-33(32)42-35(39)34(27-13-9-8-10-14-27)37-38-43(40,41)31-19-17-26(5)18-20-31/h8-10,13-14,17-25,32-33,38H,11-12,15-16H2,1-7H3/b37-34+/t32-,33-/m1/s1. The van der Waals surface area contributed by atoms with Crippen molar-refractivity contribution in [3.63, 3.8) is 0 Å². The van der Waals surface area contributed by atoms with Gasteiger partial charge in [0.25, 0.3) is 10.0 Å². The van der Waals surface area contributed by atoms with Crippen LogP contribution >= 0.6 is 0 Å². The third kappa shape index (κ3) is 7.74. The molecule has 0 saturated heterocycles. The van der Waals surface area contributed by atoms with E-state index < -0.39 is 16.0 Å². The highest BCUT2D eigenvalue weighted by atomic mass is 32.2. The number of hydrogen-bond acceptors (Lipinski definition) is 5. The van der Waals surface area contributed by atoms with Gasteiger partial charge in [0.2, 0.25) is 0 Å². The summed E-state index contributed by atoms with van der Waals surface area (Å²) >= 11 is 0. The summed E-state index contributed by atoms with van der Waals surface area (Å²) in [5, 5.41) is 4.14. The number of carbonyl (C=O) groups excluding carboxylic acids is 1. The average molecular weight is 603 g/mol. The van der Waals surface area contributed by atoms with Crippen molar-refractivity contribution in [2.24, 2.45) is 11.0 Å². The molecule has 3 aromatic carbocycles. The molecule has 0 aliphatic heterocycles. The zero-order valence-electron chi connectivity index (χ0n) is 26.6. The van der Waals surface area contributed by atoms with Crippen LogP contribution in [-0.4, -0.2) is 26.2 Å². The zero-order chi connectivity index (χ0) is 31.4. The molecule has 0 bridgehead atoms. The Hall–Kier alpha value is -3.45. The van der Waals surface area contributed by atoms with Crippen molar-refractivity contribution in [2.75, 3.05) is 0 Å². The fraction of sp³-hybridized carbons (Fsp3) is 0.444. The Morgan fingerprint density at radius 3 is 2.05 bits per heavy atom. The molecule has 1 saturated carbocycles. The summed E-state index contributed by atoms with van der Waals surface area (Å²) in [6.45, 7) is 15.3. The molecule has 0 spiro atoms. The fourth-order valence-corrected chi connectivity index (χ4v) is 6.70. The first kappa shape index (κ1) is 32.5. The normalized spacial score (nSPS) is 18.1. The average Bonchev–Trinajstić information content (AvgIpc) is 2.98. The van der Waals surface area contributed by atoms with E-state index in [4.69, 9.17) is 4.74 Å². The summed E-state index contributed by atoms with van der Waals surface area (Å²) in [5.74, 6) is 0.265. The van der Waals surface area contributed by atoms with Crippen LogP contribution in [0.25, 0.3) is 0 Å². The molecule has 7 heteroatoms. The molecule has 0 radical (unpaired) electrons. The van der Waals surface area contributed by atoms with Crippen molar-refractivity contribution in [1.82, 2.24) is 4.83 Å². The minimum atomic E-state index is -3.98. The van der Waals surface area contributed by atoms with Gasteiger partial charge in [-0.15, -0.1) is 0 Å². The number of benzene rings is 3. The molecule has 4 rings (SSSR count). The minimum Gasteiger partial charge on any atom is -0.457 e. The van der Waals surface area contributed by atoms with Gasteiger partial charge in [0.15, 0.2) is 5.71 Å². The van der Waals surface area contributed by atoms with E-state index in [-0.39, 0.29) is 28.0 Å². The first-order chi connectivity index (χ1) is 20.3. The molecular formula is C36H46N2O4S. The van der Waals surface area contributed by atoms with Crippen LogP contribution in [0.15, 0.2) is 82.8 Å².